The second-order valence-electron chi connectivity index (χ2n) is 4.32. The predicted octanol–water partition coefficient (Wildman–Crippen LogP) is -1.93. The van der Waals surface area contributed by atoms with Crippen LogP contribution in [0.15, 0.2) is 37.4 Å². The molecule has 0 spiro atoms. The molecular weight excluding hydrogens is 397 g/mol. The van der Waals surface area contributed by atoms with Gasteiger partial charge in [-0.15, -0.1) is 0 Å². The van der Waals surface area contributed by atoms with E-state index in [0.717, 1.165) is 13.1 Å². The van der Waals surface area contributed by atoms with E-state index in [1.54, 1.807) is 0 Å². The molecule has 0 amide bonds. The molecule has 2 heterocycles. The second-order valence-corrected chi connectivity index (χ2v) is 4.50. The smallest absolute Gasteiger partial charge is 0.243 e. The Bertz CT molecular complexity index is 515. The fourth-order valence-corrected chi connectivity index (χ4v) is 1.58. The van der Waals surface area contributed by atoms with Crippen LogP contribution in [-0.4, -0.2) is 9.13 Å². The number of hydrogen-bond acceptors (Lipinski definition) is 2. The van der Waals surface area contributed by atoms with Crippen molar-refractivity contribution in [2.45, 2.75) is 33.4 Å². The highest BCUT2D eigenvalue weighted by Crippen LogP contribution is 1.79. The van der Waals surface area contributed by atoms with Crippen LogP contribution in [0.5, 0.6) is 0 Å². The molecule has 0 aromatic carbocycles. The zero-order chi connectivity index (χ0) is 15.4. The fraction of sp³-hybridized carbons (Fsp3) is 0.500. The molecular formula is C14H24IN5S. The van der Waals surface area contributed by atoms with Crippen molar-refractivity contribution in [3.05, 3.63) is 37.4 Å². The number of thiocyanates is 1. The van der Waals surface area contributed by atoms with E-state index < -0.39 is 0 Å². The monoisotopic (exact) mass is 421 g/mol. The summed E-state index contributed by atoms with van der Waals surface area (Å²) >= 11 is 3.70. The molecule has 2 aromatic heterocycles. The molecule has 0 unspecified atom stereocenters. The molecule has 0 radical (unpaired) electrons. The largest absolute Gasteiger partial charge is 1.00 e. The normalized spacial score (nSPS) is 8.33. The van der Waals surface area contributed by atoms with Gasteiger partial charge in [-0.2, -0.15) is 0 Å². The van der Waals surface area contributed by atoms with Gasteiger partial charge in [0.15, 0.2) is 0 Å². The number of nitriles is 1. The van der Waals surface area contributed by atoms with Gasteiger partial charge in [-0.05, 0) is 13.3 Å². The number of rotatable bonds is 3. The predicted molar refractivity (Wildman–Crippen MR) is 80.2 cm³/mol. The summed E-state index contributed by atoms with van der Waals surface area (Å²) in [6.07, 6.45) is 13.6. The van der Waals surface area contributed by atoms with Crippen LogP contribution in [-0.2, 0) is 39.8 Å². The van der Waals surface area contributed by atoms with Crippen molar-refractivity contribution < 1.29 is 33.1 Å². The summed E-state index contributed by atoms with van der Waals surface area (Å²) in [4.78, 5) is 0. The first kappa shape index (κ1) is 22.1. The van der Waals surface area contributed by atoms with Gasteiger partial charge in [0.25, 0.3) is 0 Å². The van der Waals surface area contributed by atoms with Crippen molar-refractivity contribution in [1.29, 1.82) is 5.26 Å². The van der Waals surface area contributed by atoms with Gasteiger partial charge < -0.3 is 36.6 Å². The van der Waals surface area contributed by atoms with E-state index in [2.05, 4.69) is 71.4 Å². The van der Waals surface area contributed by atoms with E-state index >= 15 is 0 Å². The highest BCUT2D eigenvalue weighted by molar-refractivity contribution is 7.64. The summed E-state index contributed by atoms with van der Waals surface area (Å²) < 4.78 is 8.39. The van der Waals surface area contributed by atoms with Crippen LogP contribution in [0.4, 0.5) is 0 Å². The average molecular weight is 421 g/mol. The van der Waals surface area contributed by atoms with Crippen molar-refractivity contribution >= 4 is 12.6 Å². The lowest BCUT2D eigenvalue weighted by Gasteiger charge is -1.86. The Labute approximate surface area is 150 Å². The summed E-state index contributed by atoms with van der Waals surface area (Å²) in [5.74, 6) is 0. The third-order valence-corrected chi connectivity index (χ3v) is 2.49. The van der Waals surface area contributed by atoms with Crippen molar-refractivity contribution in [2.24, 2.45) is 14.1 Å². The van der Waals surface area contributed by atoms with Gasteiger partial charge in [-0.25, -0.2) is 23.5 Å². The number of imidazole rings is 2. The van der Waals surface area contributed by atoms with Gasteiger partial charge in [-0.3, -0.25) is 0 Å². The Kier molecular flexibility index (Phi) is 14.6. The Morgan fingerprint density at radius 2 is 1.48 bits per heavy atom. The zero-order valence-electron chi connectivity index (χ0n) is 13.1. The number of aryl methyl sites for hydroxylation is 4. The highest BCUT2D eigenvalue weighted by Gasteiger charge is 1.95. The number of halogens is 1. The van der Waals surface area contributed by atoms with E-state index in [4.69, 9.17) is 5.26 Å². The first-order valence-electron chi connectivity index (χ1n) is 6.60. The topological polar surface area (TPSA) is 41.4 Å². The standard InChI is InChI=1S/C7H13N2.C6H11N2.CHNS.HI/c1-3-4-9-6-5-8(2)7-9;1-3-8-5-4-7(2)6-8;2-1-3;/h5-7H,3-4H2,1-2H3;4-6H,3H2,1-2H3;3H;1H/q2*+1;;/p-2. The Balaban J connectivity index is 0. The third kappa shape index (κ3) is 11.2. The number of nitrogens with zero attached hydrogens (tertiary/aromatic N) is 5. The van der Waals surface area contributed by atoms with Crippen molar-refractivity contribution in [3.8, 4) is 5.40 Å². The summed E-state index contributed by atoms with van der Waals surface area (Å²) in [5.41, 5.74) is 0. The Morgan fingerprint density at radius 1 is 1.05 bits per heavy atom. The molecule has 0 aliphatic carbocycles. The van der Waals surface area contributed by atoms with E-state index in [1.165, 1.54) is 11.8 Å². The first-order valence-corrected chi connectivity index (χ1v) is 7.01. The lowest BCUT2D eigenvalue weighted by atomic mass is 10.5. The maximum atomic E-state index is 7.13. The van der Waals surface area contributed by atoms with Crippen LogP contribution in [0.3, 0.4) is 0 Å². The van der Waals surface area contributed by atoms with Gasteiger partial charge in [-0.1, -0.05) is 12.3 Å². The maximum absolute atomic E-state index is 7.13. The summed E-state index contributed by atoms with van der Waals surface area (Å²) in [5, 5.41) is 8.47. The number of aromatic nitrogens is 4. The minimum Gasteiger partial charge on any atom is -1.00 e. The van der Waals surface area contributed by atoms with E-state index in [0.29, 0.717) is 0 Å². The second kappa shape index (κ2) is 13.8. The molecule has 21 heavy (non-hydrogen) atoms. The maximum Gasteiger partial charge on any atom is 0.243 e. The van der Waals surface area contributed by atoms with Crippen LogP contribution in [0, 0.1) is 10.7 Å². The Morgan fingerprint density at radius 3 is 1.71 bits per heavy atom. The fourth-order valence-electron chi connectivity index (χ4n) is 1.58. The van der Waals surface area contributed by atoms with Crippen LogP contribution >= 0.6 is 0 Å². The van der Waals surface area contributed by atoms with Crippen molar-refractivity contribution in [1.82, 2.24) is 9.13 Å². The summed E-state index contributed by atoms with van der Waals surface area (Å²) in [7, 11) is 4.05. The number of hydrogen-bond donors (Lipinski definition) is 0. The van der Waals surface area contributed by atoms with Gasteiger partial charge in [0, 0.05) is 0 Å². The van der Waals surface area contributed by atoms with Crippen molar-refractivity contribution in [3.63, 3.8) is 0 Å². The SMILES string of the molecule is CCC[n+]1ccn(C)c1.CC[n+]1ccn(C)c1.N#C[S-].[I-]. The lowest BCUT2D eigenvalue weighted by Crippen LogP contribution is -3.00. The highest BCUT2D eigenvalue weighted by atomic mass is 127. The molecule has 0 aliphatic heterocycles. The molecule has 2 rings (SSSR count). The molecule has 0 atom stereocenters. The first-order chi connectivity index (χ1) is 9.57. The summed E-state index contributed by atoms with van der Waals surface area (Å²) in [6.45, 7) is 6.49. The molecule has 0 bridgehead atoms. The molecule has 7 heteroatoms. The molecule has 2 aromatic rings. The molecule has 0 aliphatic rings. The minimum absolute atomic E-state index is 0. The van der Waals surface area contributed by atoms with Crippen LogP contribution in [0.1, 0.15) is 20.3 Å². The van der Waals surface area contributed by atoms with Crippen LogP contribution < -0.4 is 33.1 Å². The minimum atomic E-state index is 0. The van der Waals surface area contributed by atoms with Crippen LogP contribution in [0.2, 0.25) is 0 Å². The molecule has 5 nitrogen and oxygen atoms in total. The Hall–Kier alpha value is -1.14. The lowest BCUT2D eigenvalue weighted by molar-refractivity contribution is -0.696. The van der Waals surface area contributed by atoms with E-state index in [1.807, 2.05) is 24.9 Å². The van der Waals surface area contributed by atoms with Crippen LogP contribution in [0.25, 0.3) is 0 Å². The average Bonchev–Trinajstić information content (AvgIpc) is 3.00. The molecule has 0 fully saturated rings. The van der Waals surface area contributed by atoms with Crippen molar-refractivity contribution in [2.75, 3.05) is 0 Å². The zero-order valence-corrected chi connectivity index (χ0v) is 16.1. The summed E-state index contributed by atoms with van der Waals surface area (Å²) in [6, 6.07) is 0. The quantitative estimate of drug-likeness (QED) is 0.251. The van der Waals surface area contributed by atoms with Gasteiger partial charge in [0.05, 0.1) is 27.2 Å². The molecule has 118 valence electrons. The van der Waals surface area contributed by atoms with Gasteiger partial charge in [0.1, 0.15) is 24.8 Å². The molecule has 0 saturated heterocycles. The molecule has 0 saturated carbocycles. The third-order valence-electron chi connectivity index (χ3n) is 2.49. The van der Waals surface area contributed by atoms with E-state index in [9.17, 15) is 0 Å². The van der Waals surface area contributed by atoms with Gasteiger partial charge in [0.2, 0.25) is 12.7 Å². The van der Waals surface area contributed by atoms with Gasteiger partial charge >= 0.3 is 0 Å². The molecule has 0 N–H and O–H groups in total. The van der Waals surface area contributed by atoms with E-state index in [-0.39, 0.29) is 24.0 Å².